The van der Waals surface area contributed by atoms with Gasteiger partial charge < -0.3 is 24.8 Å². The van der Waals surface area contributed by atoms with E-state index >= 15 is 0 Å². The highest BCUT2D eigenvalue weighted by atomic mass is 32.2. The van der Waals surface area contributed by atoms with Gasteiger partial charge in [-0.05, 0) is 49.7 Å². The first-order valence-electron chi connectivity index (χ1n) is 10.8. The first kappa shape index (κ1) is 27.1. The molecule has 0 bridgehead atoms. The van der Waals surface area contributed by atoms with Crippen LogP contribution in [0, 0.1) is 0 Å². The molecule has 0 aliphatic carbocycles. The Hall–Kier alpha value is -3.15. The average Bonchev–Trinajstić information content (AvgIpc) is 2.83. The Morgan fingerprint density at radius 3 is 2.18 bits per heavy atom. The number of ether oxygens (including phenoxy) is 3. The lowest BCUT2D eigenvalue weighted by Gasteiger charge is -2.10. The minimum absolute atomic E-state index is 0.0360. The maximum atomic E-state index is 12.4. The van der Waals surface area contributed by atoms with Gasteiger partial charge in [-0.2, -0.15) is 0 Å². The highest BCUT2D eigenvalue weighted by Crippen LogP contribution is 2.22. The van der Waals surface area contributed by atoms with Crippen LogP contribution >= 0.6 is 0 Å². The van der Waals surface area contributed by atoms with Gasteiger partial charge in [0, 0.05) is 50.0 Å². The van der Waals surface area contributed by atoms with Gasteiger partial charge in [-0.15, -0.1) is 0 Å². The maximum Gasteiger partial charge on any atom is 0.251 e. The number of sulfonamides is 1. The van der Waals surface area contributed by atoms with E-state index < -0.39 is 10.0 Å². The number of rotatable bonds is 14. The highest BCUT2D eigenvalue weighted by Gasteiger charge is 2.14. The molecule has 2 aromatic rings. The molecule has 3 N–H and O–H groups in total. The zero-order valence-electron chi connectivity index (χ0n) is 19.6. The van der Waals surface area contributed by atoms with Crippen molar-refractivity contribution in [2.24, 2.45) is 0 Å². The molecule has 0 aliphatic rings. The lowest BCUT2D eigenvalue weighted by molar-refractivity contribution is -0.116. The monoisotopic (exact) mass is 493 g/mol. The van der Waals surface area contributed by atoms with Crippen LogP contribution in [0.1, 0.15) is 30.1 Å². The second-order valence-corrected chi connectivity index (χ2v) is 8.89. The molecule has 0 fully saturated rings. The number of benzene rings is 2. The van der Waals surface area contributed by atoms with Crippen LogP contribution in [-0.4, -0.2) is 60.8 Å². The van der Waals surface area contributed by atoms with Crippen molar-refractivity contribution < 1.29 is 32.2 Å². The molecule has 0 radical (unpaired) electrons. The first-order valence-corrected chi connectivity index (χ1v) is 12.3. The van der Waals surface area contributed by atoms with Gasteiger partial charge in [0.15, 0.2) is 0 Å². The van der Waals surface area contributed by atoms with Crippen molar-refractivity contribution in [1.82, 2.24) is 10.0 Å². The molecule has 0 unspecified atom stereocenters. The summed E-state index contributed by atoms with van der Waals surface area (Å²) < 4.78 is 42.6. The summed E-state index contributed by atoms with van der Waals surface area (Å²) >= 11 is 0. The fraction of sp³-hybridized carbons (Fsp3) is 0.391. The minimum atomic E-state index is -3.64. The van der Waals surface area contributed by atoms with E-state index in [0.717, 1.165) is 0 Å². The predicted molar refractivity (Wildman–Crippen MR) is 128 cm³/mol. The molecule has 2 amide bonds. The second kappa shape index (κ2) is 13.5. The van der Waals surface area contributed by atoms with Crippen molar-refractivity contribution >= 4 is 27.5 Å². The van der Waals surface area contributed by atoms with Gasteiger partial charge in [-0.3, -0.25) is 9.59 Å². The molecule has 11 heteroatoms. The third-order valence-corrected chi connectivity index (χ3v) is 6.14. The second-order valence-electron chi connectivity index (χ2n) is 7.13. The van der Waals surface area contributed by atoms with Gasteiger partial charge in [-0.1, -0.05) is 0 Å². The molecule has 2 aromatic carbocycles. The summed E-state index contributed by atoms with van der Waals surface area (Å²) in [6, 6.07) is 10.6. The minimum Gasteiger partial charge on any atom is -0.497 e. The van der Waals surface area contributed by atoms with Crippen LogP contribution in [-0.2, 0) is 19.6 Å². The summed E-state index contributed by atoms with van der Waals surface area (Å²) in [5.74, 6) is 0.267. The van der Waals surface area contributed by atoms with E-state index in [2.05, 4.69) is 15.4 Å². The van der Waals surface area contributed by atoms with Crippen molar-refractivity contribution in [1.29, 1.82) is 0 Å². The normalized spacial score (nSPS) is 11.0. The smallest absolute Gasteiger partial charge is 0.251 e. The molecule has 2 rings (SSSR count). The van der Waals surface area contributed by atoms with Crippen LogP contribution in [0.5, 0.6) is 11.5 Å². The topological polar surface area (TPSA) is 132 Å². The third-order valence-electron chi connectivity index (χ3n) is 4.66. The fourth-order valence-electron chi connectivity index (χ4n) is 2.88. The molecular weight excluding hydrogens is 462 g/mol. The Morgan fingerprint density at radius 2 is 1.59 bits per heavy atom. The number of hydrogen-bond acceptors (Lipinski definition) is 7. The molecular formula is C23H31N3O7S. The molecule has 0 heterocycles. The summed E-state index contributed by atoms with van der Waals surface area (Å²) in [4.78, 5) is 24.7. The van der Waals surface area contributed by atoms with Crippen molar-refractivity contribution in [3.8, 4) is 11.5 Å². The SMILES string of the molecule is CCOCCCNS(=O)(=O)c1ccc(NC(=O)CCNC(=O)c2cc(OC)cc(OC)c2)cc1. The summed E-state index contributed by atoms with van der Waals surface area (Å²) in [5.41, 5.74) is 0.795. The van der Waals surface area contributed by atoms with Crippen LogP contribution in [0.25, 0.3) is 0 Å². The van der Waals surface area contributed by atoms with Crippen LogP contribution in [0.2, 0.25) is 0 Å². The van der Waals surface area contributed by atoms with Crippen LogP contribution in [0.3, 0.4) is 0 Å². The first-order chi connectivity index (χ1) is 16.3. The Kier molecular flexibility index (Phi) is 10.8. The number of anilines is 1. The van der Waals surface area contributed by atoms with Crippen molar-refractivity contribution in [3.63, 3.8) is 0 Å². The molecule has 0 aromatic heterocycles. The number of nitrogens with one attached hydrogen (secondary N) is 3. The Morgan fingerprint density at radius 1 is 0.941 bits per heavy atom. The van der Waals surface area contributed by atoms with Crippen molar-refractivity contribution in [2.45, 2.75) is 24.7 Å². The standard InChI is InChI=1S/C23H31N3O7S/c1-4-33-13-5-11-25-34(29,30)21-8-6-18(7-9-21)26-22(27)10-12-24-23(28)17-14-19(31-2)16-20(15-17)32-3/h6-9,14-16,25H,4-5,10-13H2,1-3H3,(H,24,28)(H,26,27). The molecule has 10 nitrogen and oxygen atoms in total. The number of carbonyl (C=O) groups excluding carboxylic acids is 2. The lowest BCUT2D eigenvalue weighted by atomic mass is 10.2. The Labute approximate surface area is 200 Å². The molecule has 0 spiro atoms. The number of amides is 2. The van der Waals surface area contributed by atoms with Gasteiger partial charge in [0.05, 0.1) is 19.1 Å². The van der Waals surface area contributed by atoms with E-state index in [0.29, 0.717) is 42.4 Å². The Balaban J connectivity index is 1.81. The van der Waals surface area contributed by atoms with Crippen LogP contribution in [0.4, 0.5) is 5.69 Å². The summed E-state index contributed by atoms with van der Waals surface area (Å²) in [6.45, 7) is 3.33. The van der Waals surface area contributed by atoms with E-state index in [9.17, 15) is 18.0 Å². The summed E-state index contributed by atoms with van der Waals surface area (Å²) in [6.07, 6.45) is 0.609. The van der Waals surface area contributed by atoms with Gasteiger partial charge in [0.2, 0.25) is 15.9 Å². The molecule has 186 valence electrons. The molecule has 0 saturated heterocycles. The molecule has 0 saturated carbocycles. The van der Waals surface area contributed by atoms with Crippen LogP contribution in [0.15, 0.2) is 47.4 Å². The van der Waals surface area contributed by atoms with Crippen LogP contribution < -0.4 is 24.8 Å². The largest absolute Gasteiger partial charge is 0.497 e. The average molecular weight is 494 g/mol. The van der Waals surface area contributed by atoms with Gasteiger partial charge in [0.1, 0.15) is 11.5 Å². The molecule has 34 heavy (non-hydrogen) atoms. The van der Waals surface area contributed by atoms with Crippen molar-refractivity contribution in [2.75, 3.05) is 45.8 Å². The number of methoxy groups -OCH3 is 2. The predicted octanol–water partition coefficient (Wildman–Crippen LogP) is 2.17. The van der Waals surface area contributed by atoms with Crippen molar-refractivity contribution in [3.05, 3.63) is 48.0 Å². The summed E-state index contributed by atoms with van der Waals surface area (Å²) in [5, 5.41) is 5.35. The van der Waals surface area contributed by atoms with Gasteiger partial charge in [-0.25, -0.2) is 13.1 Å². The zero-order chi connectivity index (χ0) is 25.0. The van der Waals surface area contributed by atoms with E-state index in [1.54, 1.807) is 18.2 Å². The quantitative estimate of drug-likeness (QED) is 0.344. The molecule has 0 aliphatic heterocycles. The van der Waals surface area contributed by atoms with E-state index in [4.69, 9.17) is 14.2 Å². The van der Waals surface area contributed by atoms with E-state index in [1.165, 1.54) is 38.5 Å². The van der Waals surface area contributed by atoms with Gasteiger partial charge in [0.25, 0.3) is 5.91 Å². The van der Waals surface area contributed by atoms with E-state index in [1.807, 2.05) is 6.92 Å². The third kappa shape index (κ3) is 8.65. The Bertz CT molecular complexity index is 1030. The molecule has 0 atom stereocenters. The summed E-state index contributed by atoms with van der Waals surface area (Å²) in [7, 11) is -0.658. The van der Waals surface area contributed by atoms with E-state index in [-0.39, 0.29) is 36.2 Å². The van der Waals surface area contributed by atoms with Gasteiger partial charge >= 0.3 is 0 Å². The fourth-order valence-corrected chi connectivity index (χ4v) is 3.95. The zero-order valence-corrected chi connectivity index (χ0v) is 20.4. The highest BCUT2D eigenvalue weighted by molar-refractivity contribution is 7.89. The lowest BCUT2D eigenvalue weighted by Crippen LogP contribution is -2.27. The number of carbonyl (C=O) groups is 2. The number of hydrogen-bond donors (Lipinski definition) is 3. The maximum absolute atomic E-state index is 12.4.